The Hall–Kier alpha value is -0.730. The van der Waals surface area contributed by atoms with E-state index < -0.39 is 0 Å². The van der Waals surface area contributed by atoms with Gasteiger partial charge in [-0.05, 0) is 38.0 Å². The van der Waals surface area contributed by atoms with E-state index in [1.807, 2.05) is 6.92 Å². The summed E-state index contributed by atoms with van der Waals surface area (Å²) in [7, 11) is 0. The molecule has 2 nitrogen and oxygen atoms in total. The number of aryl methyl sites for hydroxylation is 1. The molecule has 16 heavy (non-hydrogen) atoms. The van der Waals surface area contributed by atoms with Gasteiger partial charge in [0.15, 0.2) is 0 Å². The minimum Gasteiger partial charge on any atom is -0.370 e. The van der Waals surface area contributed by atoms with Crippen molar-refractivity contribution in [3.63, 3.8) is 0 Å². The summed E-state index contributed by atoms with van der Waals surface area (Å²) < 4.78 is 0. The predicted octanol–water partition coefficient (Wildman–Crippen LogP) is 2.84. The molecule has 88 valence electrons. The topological polar surface area (TPSA) is 15.3 Å². The third kappa shape index (κ3) is 2.69. The van der Waals surface area contributed by atoms with Crippen molar-refractivity contribution in [2.75, 3.05) is 24.5 Å². The third-order valence-corrected chi connectivity index (χ3v) is 3.63. The Morgan fingerprint density at radius 3 is 2.94 bits per heavy atom. The van der Waals surface area contributed by atoms with Gasteiger partial charge in [0.25, 0.3) is 0 Å². The summed E-state index contributed by atoms with van der Waals surface area (Å²) >= 11 is 6.16. The van der Waals surface area contributed by atoms with Gasteiger partial charge >= 0.3 is 0 Å². The monoisotopic (exact) mass is 238 g/mol. The van der Waals surface area contributed by atoms with Crippen LogP contribution in [0.3, 0.4) is 0 Å². The summed E-state index contributed by atoms with van der Waals surface area (Å²) in [6.07, 6.45) is 1.19. The second kappa shape index (κ2) is 5.07. The van der Waals surface area contributed by atoms with E-state index in [9.17, 15) is 0 Å². The van der Waals surface area contributed by atoms with Crippen LogP contribution < -0.4 is 10.2 Å². The van der Waals surface area contributed by atoms with Crippen molar-refractivity contribution in [2.24, 2.45) is 0 Å². The van der Waals surface area contributed by atoms with Crippen LogP contribution in [0.2, 0.25) is 5.02 Å². The predicted molar refractivity (Wildman–Crippen MR) is 70.5 cm³/mol. The van der Waals surface area contributed by atoms with Crippen molar-refractivity contribution in [2.45, 2.75) is 26.3 Å². The zero-order valence-corrected chi connectivity index (χ0v) is 10.7. The van der Waals surface area contributed by atoms with Crippen LogP contribution in [0.5, 0.6) is 0 Å². The van der Waals surface area contributed by atoms with E-state index in [1.54, 1.807) is 0 Å². The Balaban J connectivity index is 2.13. The number of nitrogens with one attached hydrogen (secondary N) is 1. The first-order valence-electron chi connectivity index (χ1n) is 5.91. The largest absolute Gasteiger partial charge is 0.370 e. The highest BCUT2D eigenvalue weighted by Crippen LogP contribution is 2.23. The molecule has 1 atom stereocenters. The van der Waals surface area contributed by atoms with E-state index >= 15 is 0 Å². The quantitative estimate of drug-likeness (QED) is 0.810. The molecule has 1 saturated heterocycles. The van der Waals surface area contributed by atoms with E-state index in [1.165, 1.54) is 12.1 Å². The molecule has 1 N–H and O–H groups in total. The summed E-state index contributed by atoms with van der Waals surface area (Å²) in [5, 5.41) is 4.36. The van der Waals surface area contributed by atoms with Crippen molar-refractivity contribution in [3.05, 3.63) is 28.8 Å². The Labute approximate surface area is 103 Å². The van der Waals surface area contributed by atoms with Crippen molar-refractivity contribution in [3.8, 4) is 0 Å². The van der Waals surface area contributed by atoms with Gasteiger partial charge in [-0.2, -0.15) is 0 Å². The van der Waals surface area contributed by atoms with Gasteiger partial charge in [-0.3, -0.25) is 0 Å². The Kier molecular flexibility index (Phi) is 3.72. The van der Waals surface area contributed by atoms with E-state index in [0.717, 1.165) is 30.2 Å². The fraction of sp³-hybridized carbons (Fsp3) is 0.538. The standard InChI is InChI=1S/C13H19ClN2/c1-10-3-4-12(9-13(10)14)16-7-5-11(2)15-6-8-16/h3-4,9,11,15H,5-8H2,1-2H3. The van der Waals surface area contributed by atoms with Crippen LogP contribution >= 0.6 is 11.6 Å². The van der Waals surface area contributed by atoms with Gasteiger partial charge in [0.2, 0.25) is 0 Å². The maximum atomic E-state index is 6.16. The molecule has 1 aromatic carbocycles. The third-order valence-electron chi connectivity index (χ3n) is 3.23. The van der Waals surface area contributed by atoms with Crippen LogP contribution in [0.25, 0.3) is 0 Å². The number of anilines is 1. The smallest absolute Gasteiger partial charge is 0.0455 e. The molecule has 0 spiro atoms. The van der Waals surface area contributed by atoms with Crippen LogP contribution in [0, 0.1) is 6.92 Å². The molecule has 1 unspecified atom stereocenters. The molecule has 1 heterocycles. The molecular formula is C13H19ClN2. The number of benzene rings is 1. The van der Waals surface area contributed by atoms with Crippen molar-refractivity contribution >= 4 is 17.3 Å². The Morgan fingerprint density at radius 1 is 1.38 bits per heavy atom. The summed E-state index contributed by atoms with van der Waals surface area (Å²) in [6.45, 7) is 7.49. The van der Waals surface area contributed by atoms with Gasteiger partial charge in [-0.15, -0.1) is 0 Å². The minimum absolute atomic E-state index is 0.617. The number of halogens is 1. The van der Waals surface area contributed by atoms with Gasteiger partial charge in [-0.25, -0.2) is 0 Å². The maximum absolute atomic E-state index is 6.16. The Bertz CT molecular complexity index is 365. The molecule has 1 aromatic rings. The lowest BCUT2D eigenvalue weighted by atomic mass is 10.2. The normalized spacial score (nSPS) is 21.9. The molecule has 0 aliphatic carbocycles. The van der Waals surface area contributed by atoms with Crippen molar-refractivity contribution in [1.82, 2.24) is 5.32 Å². The summed E-state index contributed by atoms with van der Waals surface area (Å²) in [4.78, 5) is 2.40. The molecule has 0 amide bonds. The molecule has 3 heteroatoms. The number of hydrogen-bond donors (Lipinski definition) is 1. The maximum Gasteiger partial charge on any atom is 0.0455 e. The second-order valence-electron chi connectivity index (χ2n) is 4.56. The summed E-state index contributed by atoms with van der Waals surface area (Å²) in [5.74, 6) is 0. The van der Waals surface area contributed by atoms with Gasteiger partial charge in [0, 0.05) is 36.4 Å². The molecule has 0 saturated carbocycles. The SMILES string of the molecule is Cc1ccc(N2CCNC(C)CC2)cc1Cl. The molecule has 0 radical (unpaired) electrons. The Morgan fingerprint density at radius 2 is 2.19 bits per heavy atom. The lowest BCUT2D eigenvalue weighted by molar-refractivity contribution is 0.566. The zero-order valence-electron chi connectivity index (χ0n) is 9.96. The van der Waals surface area contributed by atoms with Crippen LogP contribution in [0.1, 0.15) is 18.9 Å². The lowest BCUT2D eigenvalue weighted by Gasteiger charge is -2.22. The van der Waals surface area contributed by atoms with Gasteiger partial charge in [0.1, 0.15) is 0 Å². The fourth-order valence-corrected chi connectivity index (χ4v) is 2.22. The molecule has 0 bridgehead atoms. The number of hydrogen-bond acceptors (Lipinski definition) is 2. The van der Waals surface area contributed by atoms with Crippen LogP contribution in [-0.2, 0) is 0 Å². The highest BCUT2D eigenvalue weighted by molar-refractivity contribution is 6.31. The average Bonchev–Trinajstić information content (AvgIpc) is 2.47. The molecule has 2 rings (SSSR count). The molecular weight excluding hydrogens is 220 g/mol. The average molecular weight is 239 g/mol. The zero-order chi connectivity index (χ0) is 11.5. The van der Waals surface area contributed by atoms with Crippen molar-refractivity contribution < 1.29 is 0 Å². The first-order chi connectivity index (χ1) is 7.66. The van der Waals surface area contributed by atoms with E-state index in [4.69, 9.17) is 11.6 Å². The number of rotatable bonds is 1. The van der Waals surface area contributed by atoms with E-state index in [2.05, 4.69) is 35.3 Å². The molecule has 1 aliphatic rings. The summed E-state index contributed by atoms with van der Waals surface area (Å²) in [5.41, 5.74) is 2.39. The van der Waals surface area contributed by atoms with E-state index in [0.29, 0.717) is 6.04 Å². The van der Waals surface area contributed by atoms with Gasteiger partial charge in [-0.1, -0.05) is 17.7 Å². The highest BCUT2D eigenvalue weighted by Gasteiger charge is 2.13. The lowest BCUT2D eigenvalue weighted by Crippen LogP contribution is -2.28. The van der Waals surface area contributed by atoms with Gasteiger partial charge in [0.05, 0.1) is 0 Å². The highest BCUT2D eigenvalue weighted by atomic mass is 35.5. The molecule has 0 aromatic heterocycles. The number of nitrogens with zero attached hydrogens (tertiary/aromatic N) is 1. The minimum atomic E-state index is 0.617. The first-order valence-corrected chi connectivity index (χ1v) is 6.29. The summed E-state index contributed by atoms with van der Waals surface area (Å²) in [6, 6.07) is 6.95. The first kappa shape index (κ1) is 11.7. The van der Waals surface area contributed by atoms with Crippen LogP contribution in [0.15, 0.2) is 18.2 Å². The van der Waals surface area contributed by atoms with Gasteiger partial charge < -0.3 is 10.2 Å². The fourth-order valence-electron chi connectivity index (χ4n) is 2.05. The van der Waals surface area contributed by atoms with Crippen molar-refractivity contribution in [1.29, 1.82) is 0 Å². The molecule has 1 aliphatic heterocycles. The molecule has 1 fully saturated rings. The van der Waals surface area contributed by atoms with E-state index in [-0.39, 0.29) is 0 Å². The van der Waals surface area contributed by atoms with Crippen LogP contribution in [0.4, 0.5) is 5.69 Å². The second-order valence-corrected chi connectivity index (χ2v) is 4.97. The van der Waals surface area contributed by atoms with Crippen LogP contribution in [-0.4, -0.2) is 25.7 Å².